The van der Waals surface area contributed by atoms with E-state index in [2.05, 4.69) is 5.32 Å². The second-order valence-electron chi connectivity index (χ2n) is 4.04. The van der Waals surface area contributed by atoms with Crippen molar-refractivity contribution in [3.05, 3.63) is 29.3 Å². The second-order valence-corrected chi connectivity index (χ2v) is 4.04. The van der Waals surface area contributed by atoms with Crippen molar-refractivity contribution in [1.29, 1.82) is 0 Å². The van der Waals surface area contributed by atoms with E-state index < -0.39 is 6.04 Å². The molecule has 0 saturated heterocycles. The quantitative estimate of drug-likeness (QED) is 0.688. The number of carbonyl (C=O) groups excluding carboxylic acids is 2. The van der Waals surface area contributed by atoms with Crippen molar-refractivity contribution in [2.45, 2.75) is 25.8 Å². The van der Waals surface area contributed by atoms with Gasteiger partial charge in [-0.05, 0) is 24.5 Å². The molecule has 1 aliphatic rings. The van der Waals surface area contributed by atoms with Crippen LogP contribution in [0.1, 0.15) is 29.3 Å². The van der Waals surface area contributed by atoms with Crippen molar-refractivity contribution in [2.24, 2.45) is 0 Å². The molecule has 1 amide bonds. The molecule has 0 aliphatic heterocycles. The van der Waals surface area contributed by atoms with Gasteiger partial charge in [-0.3, -0.25) is 9.59 Å². The predicted molar refractivity (Wildman–Crippen MR) is 61.1 cm³/mol. The Labute approximate surface area is 93.8 Å². The fraction of sp³-hybridized carbons (Fsp3) is 0.333. The van der Waals surface area contributed by atoms with Gasteiger partial charge in [0, 0.05) is 18.2 Å². The summed E-state index contributed by atoms with van der Waals surface area (Å²) in [6.45, 7) is 1.41. The average molecular weight is 218 g/mol. The standard InChI is InChI=1S/C12H14N2O2/c1-7(15)14-10-6-5-8-3-2-4-9(13)11(8)12(10)16/h2-4,10H,5-6,13H2,1H3,(H,14,15). The van der Waals surface area contributed by atoms with Crippen molar-refractivity contribution < 1.29 is 9.59 Å². The molecule has 0 heterocycles. The van der Waals surface area contributed by atoms with Crippen LogP contribution in [-0.4, -0.2) is 17.7 Å². The number of rotatable bonds is 1. The van der Waals surface area contributed by atoms with E-state index in [4.69, 9.17) is 5.73 Å². The summed E-state index contributed by atoms with van der Waals surface area (Å²) in [5.41, 5.74) is 7.84. The number of nitrogen functional groups attached to an aromatic ring is 1. The minimum absolute atomic E-state index is 0.0745. The van der Waals surface area contributed by atoms with Gasteiger partial charge in [-0.25, -0.2) is 0 Å². The number of Topliss-reactive ketones (excluding diaryl/α,β-unsaturated/α-hetero) is 1. The number of anilines is 1. The highest BCUT2D eigenvalue weighted by Crippen LogP contribution is 2.26. The van der Waals surface area contributed by atoms with Gasteiger partial charge < -0.3 is 11.1 Å². The zero-order valence-corrected chi connectivity index (χ0v) is 9.12. The Morgan fingerprint density at radius 3 is 2.94 bits per heavy atom. The normalized spacial score (nSPS) is 19.1. The molecule has 0 fully saturated rings. The number of nitrogens with one attached hydrogen (secondary N) is 1. The first-order chi connectivity index (χ1) is 7.59. The van der Waals surface area contributed by atoms with Crippen molar-refractivity contribution in [3.63, 3.8) is 0 Å². The number of aryl methyl sites for hydroxylation is 1. The summed E-state index contributed by atoms with van der Waals surface area (Å²) in [5, 5.41) is 2.66. The molecule has 0 bridgehead atoms. The number of nitrogens with two attached hydrogens (primary N) is 1. The molecule has 0 spiro atoms. The SMILES string of the molecule is CC(=O)NC1CCc2cccc(N)c2C1=O. The lowest BCUT2D eigenvalue weighted by Gasteiger charge is -2.24. The van der Waals surface area contributed by atoms with Crippen LogP contribution >= 0.6 is 0 Å². The minimum Gasteiger partial charge on any atom is -0.398 e. The number of amides is 1. The Balaban J connectivity index is 2.34. The van der Waals surface area contributed by atoms with Gasteiger partial charge in [0.1, 0.15) is 0 Å². The third kappa shape index (κ3) is 1.78. The van der Waals surface area contributed by atoms with Crippen LogP contribution < -0.4 is 11.1 Å². The van der Waals surface area contributed by atoms with Crippen LogP contribution in [0.2, 0.25) is 0 Å². The van der Waals surface area contributed by atoms with E-state index in [1.807, 2.05) is 12.1 Å². The van der Waals surface area contributed by atoms with Crippen molar-refractivity contribution >= 4 is 17.4 Å². The predicted octanol–water partition coefficient (Wildman–Crippen LogP) is 0.902. The molecular weight excluding hydrogens is 204 g/mol. The van der Waals surface area contributed by atoms with Crippen molar-refractivity contribution in [1.82, 2.24) is 5.32 Å². The first kappa shape index (κ1) is 10.7. The lowest BCUT2D eigenvalue weighted by atomic mass is 9.86. The highest BCUT2D eigenvalue weighted by Gasteiger charge is 2.29. The molecule has 4 nitrogen and oxygen atoms in total. The third-order valence-corrected chi connectivity index (χ3v) is 2.83. The second kappa shape index (κ2) is 3.96. The van der Waals surface area contributed by atoms with E-state index in [1.54, 1.807) is 6.07 Å². The van der Waals surface area contributed by atoms with E-state index in [0.29, 0.717) is 17.7 Å². The molecule has 0 radical (unpaired) electrons. The summed E-state index contributed by atoms with van der Waals surface area (Å²) in [7, 11) is 0. The van der Waals surface area contributed by atoms with Crippen LogP contribution in [0.4, 0.5) is 5.69 Å². The molecule has 1 aromatic carbocycles. The molecule has 2 rings (SSSR count). The summed E-state index contributed by atoms with van der Waals surface area (Å²) in [6, 6.07) is 5.05. The fourth-order valence-electron chi connectivity index (χ4n) is 2.12. The van der Waals surface area contributed by atoms with Gasteiger partial charge in [0.15, 0.2) is 5.78 Å². The van der Waals surface area contributed by atoms with E-state index in [0.717, 1.165) is 12.0 Å². The Kier molecular flexibility index (Phi) is 2.64. The zero-order valence-electron chi connectivity index (χ0n) is 9.12. The molecule has 1 atom stereocenters. The van der Waals surface area contributed by atoms with Gasteiger partial charge in [-0.15, -0.1) is 0 Å². The van der Waals surface area contributed by atoms with Gasteiger partial charge in [-0.1, -0.05) is 12.1 Å². The summed E-state index contributed by atoms with van der Waals surface area (Å²) >= 11 is 0. The Morgan fingerprint density at radius 1 is 1.50 bits per heavy atom. The topological polar surface area (TPSA) is 72.2 Å². The van der Waals surface area contributed by atoms with Crippen molar-refractivity contribution in [2.75, 3.05) is 5.73 Å². The van der Waals surface area contributed by atoms with Gasteiger partial charge in [0.05, 0.1) is 6.04 Å². The molecule has 1 unspecified atom stereocenters. The average Bonchev–Trinajstić information content (AvgIpc) is 2.22. The van der Waals surface area contributed by atoms with E-state index >= 15 is 0 Å². The third-order valence-electron chi connectivity index (χ3n) is 2.83. The van der Waals surface area contributed by atoms with Gasteiger partial charge >= 0.3 is 0 Å². The maximum absolute atomic E-state index is 12.1. The monoisotopic (exact) mass is 218 g/mol. The van der Waals surface area contributed by atoms with Gasteiger partial charge in [-0.2, -0.15) is 0 Å². The van der Waals surface area contributed by atoms with Gasteiger partial charge in [0.2, 0.25) is 5.91 Å². The van der Waals surface area contributed by atoms with Crippen LogP contribution in [0.3, 0.4) is 0 Å². The summed E-state index contributed by atoms with van der Waals surface area (Å²) < 4.78 is 0. The van der Waals surface area contributed by atoms with Crippen LogP contribution in [0.5, 0.6) is 0 Å². The summed E-state index contributed by atoms with van der Waals surface area (Å²) in [5.74, 6) is -0.258. The smallest absolute Gasteiger partial charge is 0.217 e. The maximum Gasteiger partial charge on any atom is 0.217 e. The lowest BCUT2D eigenvalue weighted by molar-refractivity contribution is -0.119. The summed E-state index contributed by atoms with van der Waals surface area (Å²) in [6.07, 6.45) is 1.42. The highest BCUT2D eigenvalue weighted by atomic mass is 16.2. The first-order valence-electron chi connectivity index (χ1n) is 5.28. The van der Waals surface area contributed by atoms with Crippen LogP contribution in [-0.2, 0) is 11.2 Å². The number of ketones is 1. The highest BCUT2D eigenvalue weighted by molar-refractivity contribution is 6.07. The van der Waals surface area contributed by atoms with Crippen molar-refractivity contribution in [3.8, 4) is 0 Å². The number of hydrogen-bond acceptors (Lipinski definition) is 3. The van der Waals surface area contributed by atoms with Crippen LogP contribution in [0.15, 0.2) is 18.2 Å². The largest absolute Gasteiger partial charge is 0.398 e. The maximum atomic E-state index is 12.1. The number of carbonyl (C=O) groups is 2. The summed E-state index contributed by atoms with van der Waals surface area (Å²) in [4.78, 5) is 23.0. The molecule has 3 N–H and O–H groups in total. The Hall–Kier alpha value is -1.84. The number of benzene rings is 1. The van der Waals surface area contributed by atoms with Crippen LogP contribution in [0.25, 0.3) is 0 Å². The molecule has 0 aromatic heterocycles. The zero-order chi connectivity index (χ0) is 11.7. The fourth-order valence-corrected chi connectivity index (χ4v) is 2.12. The van der Waals surface area contributed by atoms with E-state index in [-0.39, 0.29) is 11.7 Å². The Morgan fingerprint density at radius 2 is 2.25 bits per heavy atom. The van der Waals surface area contributed by atoms with Gasteiger partial charge in [0.25, 0.3) is 0 Å². The molecule has 0 saturated carbocycles. The molecule has 1 aromatic rings. The Bertz CT molecular complexity index is 454. The number of hydrogen-bond donors (Lipinski definition) is 2. The van der Waals surface area contributed by atoms with E-state index in [9.17, 15) is 9.59 Å². The number of fused-ring (bicyclic) bond motifs is 1. The lowest BCUT2D eigenvalue weighted by Crippen LogP contribution is -2.42. The minimum atomic E-state index is -0.422. The van der Waals surface area contributed by atoms with E-state index in [1.165, 1.54) is 6.92 Å². The van der Waals surface area contributed by atoms with Crippen LogP contribution in [0, 0.1) is 0 Å². The molecule has 1 aliphatic carbocycles. The molecule has 84 valence electrons. The molecule has 4 heteroatoms. The first-order valence-corrected chi connectivity index (χ1v) is 5.28. The molecular formula is C12H14N2O2. The molecule has 16 heavy (non-hydrogen) atoms.